The molecule has 0 aliphatic rings. The summed E-state index contributed by atoms with van der Waals surface area (Å²) in [5.74, 6) is -0.0193. The first-order valence-corrected chi connectivity index (χ1v) is 5.91. The summed E-state index contributed by atoms with van der Waals surface area (Å²) in [6.45, 7) is 1.62. The van der Waals surface area contributed by atoms with Crippen molar-refractivity contribution in [2.75, 3.05) is 27.2 Å². The Balaban J connectivity index is 2.13. The molecule has 2 heterocycles. The molecule has 0 bridgehead atoms. The van der Waals surface area contributed by atoms with Crippen LogP contribution < -0.4 is 5.32 Å². The maximum atomic E-state index is 12.2. The number of carbonyl (C=O) groups is 1. The van der Waals surface area contributed by atoms with Crippen molar-refractivity contribution in [1.82, 2.24) is 24.8 Å². The van der Waals surface area contributed by atoms with Crippen LogP contribution in [0.3, 0.4) is 0 Å². The number of rotatable bonds is 5. The number of carbonyl (C=O) groups excluding carboxylic acids is 1. The lowest BCUT2D eigenvalue weighted by Gasteiger charge is -2.16. The van der Waals surface area contributed by atoms with Crippen molar-refractivity contribution in [3.05, 3.63) is 30.4 Å². The zero-order valence-electron chi connectivity index (χ0n) is 10.6. The third kappa shape index (κ3) is 2.48. The molecule has 6 heteroatoms. The van der Waals surface area contributed by atoms with Crippen LogP contribution in [0, 0.1) is 0 Å². The van der Waals surface area contributed by atoms with E-state index in [1.54, 1.807) is 41.3 Å². The van der Waals surface area contributed by atoms with E-state index in [9.17, 15) is 4.79 Å². The molecule has 0 aliphatic heterocycles. The van der Waals surface area contributed by atoms with E-state index in [0.717, 1.165) is 25.0 Å². The minimum absolute atomic E-state index is 0.0193. The van der Waals surface area contributed by atoms with Gasteiger partial charge in [0, 0.05) is 26.0 Å². The number of hydrogen-bond acceptors (Lipinski definition) is 4. The number of nitrogens with zero attached hydrogens (tertiary/aromatic N) is 4. The molecule has 96 valence electrons. The molecule has 18 heavy (non-hydrogen) atoms. The van der Waals surface area contributed by atoms with Gasteiger partial charge in [-0.3, -0.25) is 9.78 Å². The fourth-order valence-electron chi connectivity index (χ4n) is 1.80. The molecule has 0 aromatic carbocycles. The van der Waals surface area contributed by atoms with Crippen LogP contribution in [0.15, 0.2) is 24.8 Å². The lowest BCUT2D eigenvalue weighted by atomic mass is 10.2. The SMILES string of the molecule is CNCCCN(C)C(=O)c1cnn2ccncc12. The largest absolute Gasteiger partial charge is 0.342 e. The van der Waals surface area contributed by atoms with Gasteiger partial charge in [-0.25, -0.2) is 4.52 Å². The highest BCUT2D eigenvalue weighted by atomic mass is 16.2. The second-order valence-corrected chi connectivity index (χ2v) is 4.15. The third-order valence-corrected chi connectivity index (χ3v) is 2.82. The summed E-state index contributed by atoms with van der Waals surface area (Å²) < 4.78 is 1.65. The van der Waals surface area contributed by atoms with Gasteiger partial charge in [-0.05, 0) is 20.0 Å². The summed E-state index contributed by atoms with van der Waals surface area (Å²) in [5.41, 5.74) is 1.33. The molecule has 2 rings (SSSR count). The summed E-state index contributed by atoms with van der Waals surface area (Å²) >= 11 is 0. The van der Waals surface area contributed by atoms with Crippen molar-refractivity contribution in [2.45, 2.75) is 6.42 Å². The van der Waals surface area contributed by atoms with Crippen LogP contribution in [0.1, 0.15) is 16.8 Å². The van der Waals surface area contributed by atoms with Crippen molar-refractivity contribution in [3.63, 3.8) is 0 Å². The van der Waals surface area contributed by atoms with Crippen molar-refractivity contribution in [3.8, 4) is 0 Å². The summed E-state index contributed by atoms with van der Waals surface area (Å²) in [5, 5.41) is 7.20. The first kappa shape index (κ1) is 12.5. The molecule has 2 aromatic rings. The highest BCUT2D eigenvalue weighted by Gasteiger charge is 2.16. The van der Waals surface area contributed by atoms with Crippen LogP contribution in [0.5, 0.6) is 0 Å². The molecular weight excluding hydrogens is 230 g/mol. The lowest BCUT2D eigenvalue weighted by molar-refractivity contribution is 0.0795. The molecule has 0 saturated carbocycles. The predicted octanol–water partition coefficient (Wildman–Crippen LogP) is 0.411. The Hall–Kier alpha value is -1.95. The van der Waals surface area contributed by atoms with Gasteiger partial charge in [-0.1, -0.05) is 0 Å². The van der Waals surface area contributed by atoms with Gasteiger partial charge >= 0.3 is 0 Å². The van der Waals surface area contributed by atoms with Crippen LogP contribution >= 0.6 is 0 Å². The zero-order chi connectivity index (χ0) is 13.0. The van der Waals surface area contributed by atoms with Crippen molar-refractivity contribution >= 4 is 11.4 Å². The van der Waals surface area contributed by atoms with Crippen LogP contribution in [0.4, 0.5) is 0 Å². The van der Waals surface area contributed by atoms with E-state index < -0.39 is 0 Å². The third-order valence-electron chi connectivity index (χ3n) is 2.82. The Morgan fingerprint density at radius 2 is 2.33 bits per heavy atom. The first-order chi connectivity index (χ1) is 8.74. The van der Waals surface area contributed by atoms with Gasteiger partial charge in [0.1, 0.15) is 0 Å². The van der Waals surface area contributed by atoms with E-state index in [4.69, 9.17) is 0 Å². The topological polar surface area (TPSA) is 62.5 Å². The summed E-state index contributed by atoms with van der Waals surface area (Å²) in [4.78, 5) is 18.0. The standard InChI is InChI=1S/C12H17N5O/c1-13-4-3-6-16(2)12(18)10-8-15-17-7-5-14-9-11(10)17/h5,7-9,13H,3-4,6H2,1-2H3. The summed E-state index contributed by atoms with van der Waals surface area (Å²) in [6, 6.07) is 0. The Kier molecular flexibility index (Phi) is 3.88. The van der Waals surface area contributed by atoms with Crippen molar-refractivity contribution in [2.24, 2.45) is 0 Å². The fourth-order valence-corrected chi connectivity index (χ4v) is 1.80. The molecule has 0 atom stereocenters. The molecule has 6 nitrogen and oxygen atoms in total. The molecular formula is C12H17N5O. The highest BCUT2D eigenvalue weighted by Crippen LogP contribution is 2.11. The maximum absolute atomic E-state index is 12.2. The van der Waals surface area contributed by atoms with E-state index in [-0.39, 0.29) is 5.91 Å². The molecule has 1 N–H and O–H groups in total. The average molecular weight is 247 g/mol. The lowest BCUT2D eigenvalue weighted by Crippen LogP contribution is -2.29. The summed E-state index contributed by atoms with van der Waals surface area (Å²) in [7, 11) is 3.70. The van der Waals surface area contributed by atoms with Gasteiger partial charge in [0.2, 0.25) is 0 Å². The smallest absolute Gasteiger partial charge is 0.257 e. The molecule has 2 aromatic heterocycles. The van der Waals surface area contributed by atoms with Gasteiger partial charge in [0.25, 0.3) is 5.91 Å². The zero-order valence-corrected chi connectivity index (χ0v) is 10.6. The molecule has 0 unspecified atom stereocenters. The monoisotopic (exact) mass is 247 g/mol. The van der Waals surface area contributed by atoms with E-state index in [0.29, 0.717) is 5.56 Å². The van der Waals surface area contributed by atoms with Gasteiger partial charge in [0.15, 0.2) is 0 Å². The van der Waals surface area contributed by atoms with Crippen molar-refractivity contribution in [1.29, 1.82) is 0 Å². The molecule has 0 fully saturated rings. The average Bonchev–Trinajstić information content (AvgIpc) is 2.82. The van der Waals surface area contributed by atoms with Crippen molar-refractivity contribution < 1.29 is 4.79 Å². The Morgan fingerprint density at radius 1 is 1.50 bits per heavy atom. The van der Waals surface area contributed by atoms with Gasteiger partial charge in [0.05, 0.1) is 23.5 Å². The Morgan fingerprint density at radius 3 is 3.11 bits per heavy atom. The maximum Gasteiger partial charge on any atom is 0.257 e. The molecule has 0 spiro atoms. The van der Waals surface area contributed by atoms with E-state index in [1.165, 1.54) is 0 Å². The van der Waals surface area contributed by atoms with E-state index >= 15 is 0 Å². The highest BCUT2D eigenvalue weighted by molar-refractivity contribution is 6.00. The first-order valence-electron chi connectivity index (χ1n) is 5.91. The minimum atomic E-state index is -0.0193. The molecule has 0 aliphatic carbocycles. The number of aromatic nitrogens is 3. The normalized spacial score (nSPS) is 10.8. The number of fused-ring (bicyclic) bond motifs is 1. The quantitative estimate of drug-likeness (QED) is 0.777. The second kappa shape index (κ2) is 5.59. The second-order valence-electron chi connectivity index (χ2n) is 4.15. The van der Waals surface area contributed by atoms with Gasteiger partial charge in [-0.2, -0.15) is 5.10 Å². The van der Waals surface area contributed by atoms with Crippen LogP contribution in [0.25, 0.3) is 5.52 Å². The number of amides is 1. The number of nitrogens with one attached hydrogen (secondary N) is 1. The molecule has 0 radical (unpaired) electrons. The number of hydrogen-bond donors (Lipinski definition) is 1. The Labute approximate surface area is 106 Å². The van der Waals surface area contributed by atoms with Crippen LogP contribution in [-0.2, 0) is 0 Å². The van der Waals surface area contributed by atoms with E-state index in [1.807, 2.05) is 7.05 Å². The fraction of sp³-hybridized carbons (Fsp3) is 0.417. The van der Waals surface area contributed by atoms with Crippen LogP contribution in [0.2, 0.25) is 0 Å². The summed E-state index contributed by atoms with van der Waals surface area (Å²) in [6.07, 6.45) is 7.55. The van der Waals surface area contributed by atoms with Gasteiger partial charge in [-0.15, -0.1) is 0 Å². The van der Waals surface area contributed by atoms with Crippen LogP contribution in [-0.4, -0.2) is 52.6 Å². The van der Waals surface area contributed by atoms with Gasteiger partial charge < -0.3 is 10.2 Å². The Bertz CT molecular complexity index is 536. The van der Waals surface area contributed by atoms with E-state index in [2.05, 4.69) is 15.4 Å². The molecule has 0 saturated heterocycles. The minimum Gasteiger partial charge on any atom is -0.342 e. The molecule has 1 amide bonds. The predicted molar refractivity (Wildman–Crippen MR) is 68.5 cm³/mol.